The Balaban J connectivity index is 1.89. The van der Waals surface area contributed by atoms with E-state index < -0.39 is 10.0 Å². The van der Waals surface area contributed by atoms with Crippen LogP contribution in [0.5, 0.6) is 5.75 Å². The third-order valence-corrected chi connectivity index (χ3v) is 6.41. The monoisotopic (exact) mass is 425 g/mol. The van der Waals surface area contributed by atoms with Crippen molar-refractivity contribution in [2.24, 2.45) is 0 Å². The number of hydrogen-bond donors (Lipinski definition) is 0. The topological polar surface area (TPSA) is 46.6 Å². The van der Waals surface area contributed by atoms with Gasteiger partial charge < -0.3 is 4.74 Å². The van der Waals surface area contributed by atoms with Crippen molar-refractivity contribution in [3.63, 3.8) is 0 Å². The van der Waals surface area contributed by atoms with Crippen LogP contribution >= 0.6 is 11.6 Å². The number of benzene rings is 3. The third kappa shape index (κ3) is 4.02. The van der Waals surface area contributed by atoms with E-state index in [2.05, 4.69) is 12.1 Å². The zero-order valence-electron chi connectivity index (χ0n) is 16.1. The van der Waals surface area contributed by atoms with E-state index in [1.807, 2.05) is 54.6 Å². The second-order valence-corrected chi connectivity index (χ2v) is 9.42. The first kappa shape index (κ1) is 19.6. The molecule has 3 aromatic carbocycles. The summed E-state index contributed by atoms with van der Waals surface area (Å²) in [4.78, 5) is 0. The lowest BCUT2D eigenvalue weighted by atomic mass is 9.92. The van der Waals surface area contributed by atoms with Crippen molar-refractivity contribution >= 4 is 39.0 Å². The summed E-state index contributed by atoms with van der Waals surface area (Å²) in [5.41, 5.74) is 5.61. The zero-order valence-corrected chi connectivity index (χ0v) is 17.7. The average molecular weight is 426 g/mol. The lowest BCUT2D eigenvalue weighted by molar-refractivity contribution is 0.307. The van der Waals surface area contributed by atoms with Gasteiger partial charge in [0.05, 0.1) is 11.9 Å². The lowest BCUT2D eigenvalue weighted by Crippen LogP contribution is -2.24. The highest BCUT2D eigenvalue weighted by Gasteiger charge is 2.19. The lowest BCUT2D eigenvalue weighted by Gasteiger charge is -2.17. The van der Waals surface area contributed by atoms with Gasteiger partial charge in [-0.05, 0) is 58.7 Å². The normalized spacial score (nSPS) is 14.5. The molecule has 0 atom stereocenters. The van der Waals surface area contributed by atoms with Crippen molar-refractivity contribution in [3.05, 3.63) is 94.0 Å². The van der Waals surface area contributed by atoms with Gasteiger partial charge in [0.2, 0.25) is 10.0 Å². The standard InChI is InChI=1S/C23H20ClNO3S/c1-25(29(2,26)27)19-8-5-6-16(12-19)13-22-20-9-4-3-7-17(20)15-28-23-14-18(24)10-11-21(22)23/h3-14H,15H2,1-2H3. The molecule has 6 heteroatoms. The summed E-state index contributed by atoms with van der Waals surface area (Å²) in [6.07, 6.45) is 3.25. The zero-order chi connectivity index (χ0) is 20.6. The predicted molar refractivity (Wildman–Crippen MR) is 119 cm³/mol. The number of anilines is 1. The number of rotatable bonds is 3. The van der Waals surface area contributed by atoms with Crippen LogP contribution in [0.3, 0.4) is 0 Å². The molecule has 148 valence electrons. The molecule has 4 nitrogen and oxygen atoms in total. The Morgan fingerprint density at radius 3 is 2.59 bits per heavy atom. The first-order valence-corrected chi connectivity index (χ1v) is 11.3. The summed E-state index contributed by atoms with van der Waals surface area (Å²) in [5.74, 6) is 0.726. The highest BCUT2D eigenvalue weighted by molar-refractivity contribution is 7.92. The maximum absolute atomic E-state index is 11.9. The first-order valence-electron chi connectivity index (χ1n) is 9.09. The van der Waals surface area contributed by atoms with Crippen LogP contribution in [0.2, 0.25) is 5.02 Å². The number of ether oxygens (including phenoxy) is 1. The van der Waals surface area contributed by atoms with Crippen molar-refractivity contribution in [1.82, 2.24) is 0 Å². The Labute approximate surface area is 176 Å². The Morgan fingerprint density at radius 2 is 1.79 bits per heavy atom. The van der Waals surface area contributed by atoms with Gasteiger partial charge in [-0.1, -0.05) is 48.0 Å². The van der Waals surface area contributed by atoms with Gasteiger partial charge >= 0.3 is 0 Å². The molecular formula is C23H20ClNO3S. The molecule has 0 bridgehead atoms. The van der Waals surface area contributed by atoms with E-state index in [1.54, 1.807) is 13.1 Å². The van der Waals surface area contributed by atoms with Crippen molar-refractivity contribution in [3.8, 4) is 5.75 Å². The van der Waals surface area contributed by atoms with E-state index in [9.17, 15) is 8.42 Å². The molecule has 0 spiro atoms. The molecule has 3 aromatic rings. The number of sulfonamides is 1. The number of fused-ring (bicyclic) bond motifs is 2. The second kappa shape index (κ2) is 7.58. The predicted octanol–water partition coefficient (Wildman–Crippen LogP) is 5.22. The Kier molecular flexibility index (Phi) is 5.11. The fraction of sp³-hybridized carbons (Fsp3) is 0.130. The van der Waals surface area contributed by atoms with E-state index in [1.165, 1.54) is 10.6 Å². The quantitative estimate of drug-likeness (QED) is 0.578. The SMILES string of the molecule is CN(c1cccc(C=C2c3ccccc3COc3cc(Cl)ccc32)c1)S(C)(=O)=O. The molecule has 29 heavy (non-hydrogen) atoms. The van der Waals surface area contributed by atoms with E-state index in [0.717, 1.165) is 33.6 Å². The molecule has 0 saturated heterocycles. The molecule has 0 unspecified atom stereocenters. The fourth-order valence-electron chi connectivity index (χ4n) is 3.37. The van der Waals surface area contributed by atoms with Crippen molar-refractivity contribution < 1.29 is 13.2 Å². The summed E-state index contributed by atoms with van der Waals surface area (Å²) in [6, 6.07) is 21.2. The summed E-state index contributed by atoms with van der Waals surface area (Å²) in [7, 11) is -1.79. The highest BCUT2D eigenvalue weighted by Crippen LogP contribution is 2.39. The number of hydrogen-bond acceptors (Lipinski definition) is 3. The molecule has 0 fully saturated rings. The van der Waals surface area contributed by atoms with Crippen LogP contribution in [0.4, 0.5) is 5.69 Å². The van der Waals surface area contributed by atoms with E-state index >= 15 is 0 Å². The minimum atomic E-state index is -3.34. The Hall–Kier alpha value is -2.76. The number of halogens is 1. The van der Waals surface area contributed by atoms with Crippen LogP contribution in [0.1, 0.15) is 22.3 Å². The number of nitrogens with zero attached hydrogens (tertiary/aromatic N) is 1. The first-order chi connectivity index (χ1) is 13.8. The van der Waals surface area contributed by atoms with Gasteiger partial charge in [-0.3, -0.25) is 4.31 Å². The molecule has 1 aliphatic heterocycles. The molecule has 1 aliphatic rings. The van der Waals surface area contributed by atoms with E-state index in [-0.39, 0.29) is 0 Å². The fourth-order valence-corrected chi connectivity index (χ4v) is 4.03. The maximum atomic E-state index is 11.9. The molecule has 0 aliphatic carbocycles. The largest absolute Gasteiger partial charge is 0.488 e. The smallest absolute Gasteiger partial charge is 0.231 e. The molecule has 0 aromatic heterocycles. The maximum Gasteiger partial charge on any atom is 0.231 e. The molecule has 4 rings (SSSR count). The van der Waals surface area contributed by atoms with Crippen LogP contribution in [0, 0.1) is 0 Å². The van der Waals surface area contributed by atoms with Crippen molar-refractivity contribution in [2.75, 3.05) is 17.6 Å². The minimum absolute atomic E-state index is 0.456. The molecule has 1 heterocycles. The summed E-state index contributed by atoms with van der Waals surface area (Å²) in [5, 5.41) is 0.617. The van der Waals surface area contributed by atoms with Gasteiger partial charge in [0.15, 0.2) is 0 Å². The molecule has 0 N–H and O–H groups in total. The summed E-state index contributed by atoms with van der Waals surface area (Å²) in [6.45, 7) is 0.456. The van der Waals surface area contributed by atoms with Gasteiger partial charge in [-0.25, -0.2) is 8.42 Å². The Morgan fingerprint density at radius 1 is 1.00 bits per heavy atom. The summed E-state index contributed by atoms with van der Waals surface area (Å²) >= 11 is 6.19. The second-order valence-electron chi connectivity index (χ2n) is 6.97. The van der Waals surface area contributed by atoms with E-state index in [4.69, 9.17) is 16.3 Å². The van der Waals surface area contributed by atoms with Crippen LogP contribution in [0.15, 0.2) is 66.7 Å². The van der Waals surface area contributed by atoms with Crippen LogP contribution in [-0.4, -0.2) is 21.7 Å². The van der Waals surface area contributed by atoms with Crippen molar-refractivity contribution in [1.29, 1.82) is 0 Å². The molecule has 0 amide bonds. The molecule has 0 radical (unpaired) electrons. The Bertz CT molecular complexity index is 1220. The molecular weight excluding hydrogens is 406 g/mol. The molecule has 0 saturated carbocycles. The van der Waals surface area contributed by atoms with Gasteiger partial charge in [0.25, 0.3) is 0 Å². The highest BCUT2D eigenvalue weighted by atomic mass is 35.5. The third-order valence-electron chi connectivity index (χ3n) is 4.97. The van der Waals surface area contributed by atoms with Crippen LogP contribution in [0.25, 0.3) is 11.6 Å². The van der Waals surface area contributed by atoms with E-state index in [0.29, 0.717) is 17.3 Å². The van der Waals surface area contributed by atoms with Crippen LogP contribution < -0.4 is 9.04 Å². The van der Waals surface area contributed by atoms with Crippen LogP contribution in [-0.2, 0) is 16.6 Å². The van der Waals surface area contributed by atoms with Crippen molar-refractivity contribution in [2.45, 2.75) is 6.61 Å². The van der Waals surface area contributed by atoms with Gasteiger partial charge in [0.1, 0.15) is 12.4 Å². The van der Waals surface area contributed by atoms with Gasteiger partial charge in [0, 0.05) is 17.6 Å². The average Bonchev–Trinajstić information content (AvgIpc) is 2.84. The van der Waals surface area contributed by atoms with Gasteiger partial charge in [-0.2, -0.15) is 0 Å². The van der Waals surface area contributed by atoms with Gasteiger partial charge in [-0.15, -0.1) is 0 Å². The minimum Gasteiger partial charge on any atom is -0.488 e. The summed E-state index contributed by atoms with van der Waals surface area (Å²) < 4.78 is 31.1.